The summed E-state index contributed by atoms with van der Waals surface area (Å²) in [6.45, 7) is 52.9. The van der Waals surface area contributed by atoms with Crippen LogP contribution in [0.1, 0.15) is 145 Å². The second-order valence-corrected chi connectivity index (χ2v) is 22.1. The lowest BCUT2D eigenvalue weighted by Crippen LogP contribution is -2.57. The second kappa shape index (κ2) is 22.4. The standard InChI is InChI=1S/C43H88N4O6S/c1-33(28-44(38(4,5)6)22-24-46(40(10,11)12)41(13,14)15)51-27-26-50-31-37(49)54-32-36(48)53-35(3)30-52-34(2)29-45(39(7,8)9)23-25-47(42(16,17)18)43(19,20)21/h33-35H,22-32H2,1-21H3. The minimum atomic E-state index is -0.438. The van der Waals surface area contributed by atoms with Crippen molar-refractivity contribution in [3.05, 3.63) is 0 Å². The van der Waals surface area contributed by atoms with Crippen molar-refractivity contribution in [2.75, 3.05) is 71.4 Å². The Morgan fingerprint density at radius 1 is 0.519 bits per heavy atom. The molecule has 0 aliphatic carbocycles. The van der Waals surface area contributed by atoms with E-state index in [2.05, 4.69) is 158 Å². The zero-order chi connectivity index (χ0) is 42.5. The van der Waals surface area contributed by atoms with Crippen LogP contribution in [0, 0.1) is 0 Å². The first-order valence-corrected chi connectivity index (χ1v) is 21.4. The summed E-state index contributed by atoms with van der Waals surface area (Å²) in [5.74, 6) is -0.498. The number of carbonyl (C=O) groups is 2. The highest BCUT2D eigenvalue weighted by molar-refractivity contribution is 8.14. The molecule has 0 saturated carbocycles. The van der Waals surface area contributed by atoms with Crippen LogP contribution in [0.5, 0.6) is 0 Å². The van der Waals surface area contributed by atoms with Gasteiger partial charge in [0.05, 0.1) is 37.8 Å². The van der Waals surface area contributed by atoms with Gasteiger partial charge in [0.25, 0.3) is 0 Å². The van der Waals surface area contributed by atoms with Gasteiger partial charge in [-0.15, -0.1) is 0 Å². The fourth-order valence-electron chi connectivity index (χ4n) is 7.16. The molecule has 0 spiro atoms. The van der Waals surface area contributed by atoms with Crippen molar-refractivity contribution < 1.29 is 28.5 Å². The Kier molecular flexibility index (Phi) is 22.1. The van der Waals surface area contributed by atoms with Crippen LogP contribution in [0.2, 0.25) is 0 Å². The van der Waals surface area contributed by atoms with E-state index in [1.807, 2.05) is 6.92 Å². The van der Waals surface area contributed by atoms with Crippen molar-refractivity contribution >= 4 is 22.8 Å². The maximum atomic E-state index is 12.5. The quantitative estimate of drug-likeness (QED) is 0.0791. The molecule has 0 amide bonds. The molecule has 0 aromatic heterocycles. The molecule has 0 aromatic rings. The number of rotatable bonds is 22. The highest BCUT2D eigenvalue weighted by atomic mass is 32.2. The van der Waals surface area contributed by atoms with Crippen LogP contribution in [-0.4, -0.2) is 154 Å². The maximum absolute atomic E-state index is 12.5. The fraction of sp³-hybridized carbons (Fsp3) is 0.953. The molecule has 10 nitrogen and oxygen atoms in total. The summed E-state index contributed by atoms with van der Waals surface area (Å²) in [6.07, 6.45) is -0.454. The monoisotopic (exact) mass is 789 g/mol. The van der Waals surface area contributed by atoms with Gasteiger partial charge in [-0.1, -0.05) is 11.8 Å². The van der Waals surface area contributed by atoms with Gasteiger partial charge in [-0.2, -0.15) is 0 Å². The van der Waals surface area contributed by atoms with Gasteiger partial charge in [0.1, 0.15) is 12.7 Å². The summed E-state index contributed by atoms with van der Waals surface area (Å²) < 4.78 is 23.3. The molecule has 11 heteroatoms. The van der Waals surface area contributed by atoms with Gasteiger partial charge >= 0.3 is 5.97 Å². The number of hydrogen-bond acceptors (Lipinski definition) is 11. The van der Waals surface area contributed by atoms with E-state index in [0.717, 1.165) is 51.0 Å². The molecule has 0 rings (SSSR count). The van der Waals surface area contributed by atoms with Crippen LogP contribution in [0.4, 0.5) is 0 Å². The van der Waals surface area contributed by atoms with Crippen molar-refractivity contribution in [2.45, 2.75) is 197 Å². The van der Waals surface area contributed by atoms with Crippen molar-refractivity contribution in [3.8, 4) is 0 Å². The molecule has 0 heterocycles. The van der Waals surface area contributed by atoms with Crippen LogP contribution in [-0.2, 0) is 28.5 Å². The molecule has 0 saturated heterocycles. The van der Waals surface area contributed by atoms with E-state index in [1.165, 1.54) is 0 Å². The van der Waals surface area contributed by atoms with Crippen LogP contribution < -0.4 is 0 Å². The van der Waals surface area contributed by atoms with Gasteiger partial charge in [0, 0.05) is 72.5 Å². The zero-order valence-corrected chi connectivity index (χ0v) is 40.0. The van der Waals surface area contributed by atoms with Crippen LogP contribution in [0.15, 0.2) is 0 Å². The van der Waals surface area contributed by atoms with Crippen LogP contribution in [0.25, 0.3) is 0 Å². The third-order valence-corrected chi connectivity index (χ3v) is 10.2. The number of hydrogen-bond donors (Lipinski definition) is 0. The lowest BCUT2D eigenvalue weighted by molar-refractivity contribution is -0.149. The molecule has 3 unspecified atom stereocenters. The van der Waals surface area contributed by atoms with E-state index in [-0.39, 0.29) is 62.9 Å². The summed E-state index contributed by atoms with van der Waals surface area (Å²) in [4.78, 5) is 34.9. The minimum Gasteiger partial charge on any atom is -0.460 e. The predicted molar refractivity (Wildman–Crippen MR) is 230 cm³/mol. The van der Waals surface area contributed by atoms with E-state index in [1.54, 1.807) is 0 Å². The maximum Gasteiger partial charge on any atom is 0.316 e. The van der Waals surface area contributed by atoms with Crippen LogP contribution >= 0.6 is 11.8 Å². The number of ether oxygens (including phenoxy) is 4. The molecule has 0 aliphatic rings. The van der Waals surface area contributed by atoms with Gasteiger partial charge in [-0.25, -0.2) is 0 Å². The molecule has 322 valence electrons. The van der Waals surface area contributed by atoms with Crippen molar-refractivity contribution in [3.63, 3.8) is 0 Å². The molecule has 0 aromatic carbocycles. The lowest BCUT2D eigenvalue weighted by Gasteiger charge is -2.47. The Balaban J connectivity index is 4.60. The van der Waals surface area contributed by atoms with E-state index in [9.17, 15) is 9.59 Å². The van der Waals surface area contributed by atoms with Crippen molar-refractivity contribution in [1.82, 2.24) is 19.6 Å². The average molecular weight is 789 g/mol. The SMILES string of the molecule is CC(CN(CCN(C(C)(C)C)C(C)(C)C)C(C)(C)C)OCCOCC(=O)SCC(=O)OC(C)COC(C)CN(CCN(C(C)(C)C)C(C)(C)C)C(C)(C)C. The topological polar surface area (TPSA) is 84.0 Å². The summed E-state index contributed by atoms with van der Waals surface area (Å²) in [5, 5.41) is -0.211. The second-order valence-electron chi connectivity index (χ2n) is 21.1. The number of thioether (sulfide) groups is 1. The first-order chi connectivity index (χ1) is 24.2. The molecule has 3 atom stereocenters. The smallest absolute Gasteiger partial charge is 0.316 e. The molecule has 0 aliphatic heterocycles. The summed E-state index contributed by atoms with van der Waals surface area (Å²) in [7, 11) is 0. The zero-order valence-electron chi connectivity index (χ0n) is 39.2. The molecule has 0 radical (unpaired) electrons. The Hall–Kier alpha value is -0.790. The van der Waals surface area contributed by atoms with Gasteiger partial charge in [-0.3, -0.25) is 29.2 Å². The first-order valence-electron chi connectivity index (χ1n) is 20.4. The number of esters is 1. The molecule has 0 fully saturated rings. The Bertz CT molecular complexity index is 1050. The fourth-order valence-corrected chi connectivity index (χ4v) is 7.67. The van der Waals surface area contributed by atoms with E-state index in [0.29, 0.717) is 19.8 Å². The Morgan fingerprint density at radius 2 is 0.907 bits per heavy atom. The first kappa shape index (κ1) is 53.2. The highest BCUT2D eigenvalue weighted by Gasteiger charge is 2.34. The minimum absolute atomic E-state index is 0.00136. The van der Waals surface area contributed by atoms with Crippen LogP contribution in [0.3, 0.4) is 0 Å². The molecular formula is C43H88N4O6S. The number of nitrogens with zero attached hydrogens (tertiary/aromatic N) is 4. The van der Waals surface area contributed by atoms with E-state index < -0.39 is 12.1 Å². The normalized spacial score (nSPS) is 15.7. The Morgan fingerprint density at radius 3 is 1.28 bits per heavy atom. The van der Waals surface area contributed by atoms with E-state index in [4.69, 9.17) is 18.9 Å². The third-order valence-electron chi connectivity index (χ3n) is 9.43. The lowest BCUT2D eigenvalue weighted by atomic mass is 9.95. The van der Waals surface area contributed by atoms with Crippen molar-refractivity contribution in [2.24, 2.45) is 0 Å². The van der Waals surface area contributed by atoms with Crippen molar-refractivity contribution in [1.29, 1.82) is 0 Å². The summed E-state index contributed by atoms with van der Waals surface area (Å²) in [6, 6.07) is 0. The number of carbonyl (C=O) groups excluding carboxylic acids is 2. The average Bonchev–Trinajstić information content (AvgIpc) is 2.94. The Labute approximate surface area is 338 Å². The van der Waals surface area contributed by atoms with Gasteiger partial charge in [-0.05, 0) is 145 Å². The van der Waals surface area contributed by atoms with Gasteiger partial charge in [0.2, 0.25) is 5.12 Å². The van der Waals surface area contributed by atoms with Gasteiger partial charge < -0.3 is 18.9 Å². The van der Waals surface area contributed by atoms with Gasteiger partial charge in [0.15, 0.2) is 0 Å². The largest absolute Gasteiger partial charge is 0.460 e. The third kappa shape index (κ3) is 22.8. The highest BCUT2D eigenvalue weighted by Crippen LogP contribution is 2.27. The molecular weight excluding hydrogens is 701 g/mol. The predicted octanol–water partition coefficient (Wildman–Crippen LogP) is 8.00. The molecule has 54 heavy (non-hydrogen) atoms. The molecule has 0 N–H and O–H groups in total. The summed E-state index contributed by atoms with van der Waals surface area (Å²) in [5.41, 5.74) is 0.234. The molecule has 0 bridgehead atoms. The van der Waals surface area contributed by atoms with E-state index >= 15 is 0 Å². The summed E-state index contributed by atoms with van der Waals surface area (Å²) >= 11 is 0.918.